The highest BCUT2D eigenvalue weighted by Gasteiger charge is 2.44. The van der Waals surface area contributed by atoms with Crippen LogP contribution in [-0.2, 0) is 9.47 Å². The summed E-state index contributed by atoms with van der Waals surface area (Å²) in [4.78, 5) is 0. The number of hydrogen-bond acceptors (Lipinski definition) is 7. The van der Waals surface area contributed by atoms with Crippen molar-refractivity contribution in [2.24, 2.45) is 5.92 Å². The molecule has 1 saturated heterocycles. The fourth-order valence-electron chi connectivity index (χ4n) is 2.46. The molecule has 23 heavy (non-hydrogen) atoms. The van der Waals surface area contributed by atoms with Crippen LogP contribution in [0.1, 0.15) is 33.1 Å². The van der Waals surface area contributed by atoms with Crippen molar-refractivity contribution in [3.05, 3.63) is 12.7 Å². The van der Waals surface area contributed by atoms with Gasteiger partial charge in [0.1, 0.15) is 24.4 Å². The van der Waals surface area contributed by atoms with Gasteiger partial charge in [-0.05, 0) is 32.1 Å². The molecule has 7 atom stereocenters. The average Bonchev–Trinajstić information content (AvgIpc) is 2.52. The lowest BCUT2D eigenvalue weighted by Gasteiger charge is -2.39. The minimum Gasteiger partial charge on any atom is -0.394 e. The van der Waals surface area contributed by atoms with Gasteiger partial charge in [-0.3, -0.25) is 0 Å². The van der Waals surface area contributed by atoms with Gasteiger partial charge in [0, 0.05) is 0 Å². The zero-order chi connectivity index (χ0) is 17.6. The van der Waals surface area contributed by atoms with Crippen LogP contribution in [0, 0.1) is 5.92 Å². The Hall–Kier alpha value is -0.540. The van der Waals surface area contributed by atoms with Crippen LogP contribution in [0.4, 0.5) is 0 Å². The summed E-state index contributed by atoms with van der Waals surface area (Å²) in [6, 6.07) is 0. The van der Waals surface area contributed by atoms with E-state index < -0.39 is 42.9 Å². The fraction of sp³-hybridized carbons (Fsp3) is 0.875. The first-order valence-electron chi connectivity index (χ1n) is 8.00. The van der Waals surface area contributed by atoms with Gasteiger partial charge >= 0.3 is 0 Å². The Morgan fingerprint density at radius 1 is 1.26 bits per heavy atom. The zero-order valence-electron chi connectivity index (χ0n) is 13.8. The molecule has 136 valence electrons. The topological polar surface area (TPSA) is 120 Å². The molecule has 1 aliphatic heterocycles. The van der Waals surface area contributed by atoms with E-state index >= 15 is 0 Å². The number of hydrogen-bond donors (Lipinski definition) is 5. The zero-order valence-corrected chi connectivity index (χ0v) is 13.8. The fourth-order valence-corrected chi connectivity index (χ4v) is 2.46. The molecule has 0 aromatic heterocycles. The minimum atomic E-state index is -1.43. The lowest BCUT2D eigenvalue weighted by Crippen LogP contribution is -2.59. The maximum atomic E-state index is 9.86. The molecule has 0 amide bonds. The van der Waals surface area contributed by atoms with Crippen LogP contribution in [0.5, 0.6) is 0 Å². The average molecular weight is 334 g/mol. The Morgan fingerprint density at radius 3 is 2.48 bits per heavy atom. The van der Waals surface area contributed by atoms with Gasteiger partial charge in [0.05, 0.1) is 18.8 Å². The summed E-state index contributed by atoms with van der Waals surface area (Å²) in [6.07, 6.45) is -2.53. The summed E-state index contributed by atoms with van der Waals surface area (Å²) < 4.78 is 10.8. The molecule has 1 fully saturated rings. The van der Waals surface area contributed by atoms with Gasteiger partial charge in [-0.15, -0.1) is 6.58 Å². The molecule has 0 aliphatic carbocycles. The molecule has 0 saturated carbocycles. The Bertz CT molecular complexity index is 358. The first-order valence-corrected chi connectivity index (χ1v) is 8.00. The monoisotopic (exact) mass is 334 g/mol. The third-order valence-corrected chi connectivity index (χ3v) is 4.21. The van der Waals surface area contributed by atoms with Gasteiger partial charge in [-0.2, -0.15) is 0 Å². The Kier molecular flexibility index (Phi) is 8.09. The molecule has 0 aromatic carbocycles. The second-order valence-electron chi connectivity index (χ2n) is 6.59. The summed E-state index contributed by atoms with van der Waals surface area (Å²) in [5, 5.41) is 48.2. The molecule has 0 aromatic rings. The highest BCUT2D eigenvalue weighted by atomic mass is 16.7. The first-order chi connectivity index (χ1) is 10.7. The predicted molar refractivity (Wildman–Crippen MR) is 83.6 cm³/mol. The molecule has 0 radical (unpaired) electrons. The first kappa shape index (κ1) is 20.5. The summed E-state index contributed by atoms with van der Waals surface area (Å²) >= 11 is 0. The van der Waals surface area contributed by atoms with Gasteiger partial charge < -0.3 is 35.0 Å². The van der Waals surface area contributed by atoms with Gasteiger partial charge in [0.2, 0.25) is 0 Å². The Balaban J connectivity index is 2.37. The smallest absolute Gasteiger partial charge is 0.186 e. The molecule has 1 rings (SSSR count). The van der Waals surface area contributed by atoms with Crippen molar-refractivity contribution in [2.75, 3.05) is 13.2 Å². The molecular formula is C16H30O7. The van der Waals surface area contributed by atoms with Crippen LogP contribution in [-0.4, -0.2) is 75.1 Å². The second kappa shape index (κ2) is 9.08. The van der Waals surface area contributed by atoms with E-state index in [9.17, 15) is 20.4 Å². The van der Waals surface area contributed by atoms with Crippen molar-refractivity contribution in [1.29, 1.82) is 0 Å². The SMILES string of the molecule is C=C[C@@](C)(O)CCC[C@H](C)CO[C@@H]1O[C@H](CO)[C@@H](O)[C@H](O)[C@H]1O. The third kappa shape index (κ3) is 6.11. The summed E-state index contributed by atoms with van der Waals surface area (Å²) in [5.41, 5.74) is -0.877. The highest BCUT2D eigenvalue weighted by Crippen LogP contribution is 2.23. The van der Waals surface area contributed by atoms with E-state index in [-0.39, 0.29) is 5.92 Å². The quantitative estimate of drug-likeness (QED) is 0.362. The number of rotatable bonds is 9. The molecule has 7 nitrogen and oxygen atoms in total. The van der Waals surface area contributed by atoms with Crippen molar-refractivity contribution < 1.29 is 35.0 Å². The van der Waals surface area contributed by atoms with Crippen LogP contribution in [0.3, 0.4) is 0 Å². The van der Waals surface area contributed by atoms with Crippen molar-refractivity contribution >= 4 is 0 Å². The normalized spacial score (nSPS) is 35.5. The van der Waals surface area contributed by atoms with E-state index in [1.807, 2.05) is 6.92 Å². The van der Waals surface area contributed by atoms with Gasteiger partial charge in [0.25, 0.3) is 0 Å². The van der Waals surface area contributed by atoms with Crippen LogP contribution in [0.15, 0.2) is 12.7 Å². The standard InChI is InChI=1S/C16H30O7/c1-4-16(3,21)7-5-6-10(2)9-22-15-14(20)13(19)12(18)11(8-17)23-15/h4,10-15,17-21H,1,5-9H2,2-3H3/t10-,11+,12+,13-,14+,15+,16+/m0/s1. The van der Waals surface area contributed by atoms with E-state index in [1.54, 1.807) is 6.92 Å². The third-order valence-electron chi connectivity index (χ3n) is 4.21. The van der Waals surface area contributed by atoms with Crippen LogP contribution >= 0.6 is 0 Å². The number of aliphatic hydroxyl groups excluding tert-OH is 4. The Morgan fingerprint density at radius 2 is 1.91 bits per heavy atom. The van der Waals surface area contributed by atoms with Crippen LogP contribution in [0.25, 0.3) is 0 Å². The molecule has 0 unspecified atom stereocenters. The van der Waals surface area contributed by atoms with Gasteiger partial charge in [-0.25, -0.2) is 0 Å². The highest BCUT2D eigenvalue weighted by molar-refractivity contribution is 4.91. The van der Waals surface area contributed by atoms with E-state index in [4.69, 9.17) is 14.6 Å². The number of aliphatic hydroxyl groups is 5. The maximum Gasteiger partial charge on any atom is 0.186 e. The van der Waals surface area contributed by atoms with Gasteiger partial charge in [-0.1, -0.05) is 13.0 Å². The molecular weight excluding hydrogens is 304 g/mol. The number of ether oxygens (including phenoxy) is 2. The van der Waals surface area contributed by atoms with E-state index in [0.717, 1.165) is 12.8 Å². The molecule has 1 aliphatic rings. The van der Waals surface area contributed by atoms with Crippen molar-refractivity contribution in [3.63, 3.8) is 0 Å². The van der Waals surface area contributed by atoms with Crippen molar-refractivity contribution in [3.8, 4) is 0 Å². The molecule has 0 bridgehead atoms. The predicted octanol–water partition coefficient (Wildman–Crippen LogP) is -0.454. The van der Waals surface area contributed by atoms with Crippen molar-refractivity contribution in [2.45, 2.75) is 69.4 Å². The maximum absolute atomic E-state index is 9.86. The van der Waals surface area contributed by atoms with E-state index in [0.29, 0.717) is 13.0 Å². The lowest BCUT2D eigenvalue weighted by atomic mass is 9.96. The molecule has 5 N–H and O–H groups in total. The van der Waals surface area contributed by atoms with E-state index in [1.165, 1.54) is 6.08 Å². The molecule has 7 heteroatoms. The largest absolute Gasteiger partial charge is 0.394 e. The van der Waals surface area contributed by atoms with E-state index in [2.05, 4.69) is 6.58 Å². The molecule has 1 heterocycles. The summed E-state index contributed by atoms with van der Waals surface area (Å²) in [7, 11) is 0. The van der Waals surface area contributed by atoms with Crippen LogP contribution < -0.4 is 0 Å². The summed E-state index contributed by atoms with van der Waals surface area (Å²) in [5.74, 6) is 0.156. The summed E-state index contributed by atoms with van der Waals surface area (Å²) in [6.45, 7) is 7.06. The van der Waals surface area contributed by atoms with Gasteiger partial charge in [0.15, 0.2) is 6.29 Å². The molecule has 0 spiro atoms. The Labute approximate surface area is 137 Å². The minimum absolute atomic E-state index is 0.156. The van der Waals surface area contributed by atoms with Crippen LogP contribution in [0.2, 0.25) is 0 Å². The lowest BCUT2D eigenvalue weighted by molar-refractivity contribution is -0.303. The second-order valence-corrected chi connectivity index (χ2v) is 6.59. The van der Waals surface area contributed by atoms with Crippen molar-refractivity contribution in [1.82, 2.24) is 0 Å².